The second-order valence-corrected chi connectivity index (χ2v) is 8.93. The van der Waals surface area contributed by atoms with Gasteiger partial charge in [-0.05, 0) is 31.6 Å². The molecule has 0 aliphatic heterocycles. The molecule has 1 aliphatic carbocycles. The summed E-state index contributed by atoms with van der Waals surface area (Å²) in [5.74, 6) is 1.53. The van der Waals surface area contributed by atoms with E-state index in [2.05, 4.69) is 31.1 Å². The number of hydrogen-bond acceptors (Lipinski definition) is 4. The minimum absolute atomic E-state index is 0.0839. The van der Waals surface area contributed by atoms with Gasteiger partial charge in [0.05, 0.1) is 16.5 Å². The van der Waals surface area contributed by atoms with Crippen molar-refractivity contribution < 1.29 is 9.00 Å². The molecule has 22 heavy (non-hydrogen) atoms. The number of rotatable bonds is 6. The zero-order valence-electron chi connectivity index (χ0n) is 13.6. The van der Waals surface area contributed by atoms with E-state index in [-0.39, 0.29) is 17.7 Å². The first kappa shape index (κ1) is 17.6. The third-order valence-corrected chi connectivity index (χ3v) is 6.44. The van der Waals surface area contributed by atoms with Crippen LogP contribution in [0.1, 0.15) is 63.1 Å². The summed E-state index contributed by atoms with van der Waals surface area (Å²) in [5.41, 5.74) is 0.839. The highest BCUT2D eigenvalue weighted by atomic mass is 32.2. The molecule has 1 amide bonds. The number of amides is 1. The van der Waals surface area contributed by atoms with E-state index in [0.29, 0.717) is 11.7 Å². The fourth-order valence-corrected chi connectivity index (χ4v) is 4.59. The van der Waals surface area contributed by atoms with Crippen molar-refractivity contribution in [1.82, 2.24) is 10.3 Å². The molecule has 0 bridgehead atoms. The van der Waals surface area contributed by atoms with Crippen molar-refractivity contribution in [3.8, 4) is 0 Å². The van der Waals surface area contributed by atoms with Crippen LogP contribution in [0.5, 0.6) is 0 Å². The molecule has 1 atom stereocenters. The predicted molar refractivity (Wildman–Crippen MR) is 92.5 cm³/mol. The molecule has 0 saturated heterocycles. The second kappa shape index (κ2) is 8.20. The first-order chi connectivity index (χ1) is 10.4. The van der Waals surface area contributed by atoms with Crippen LogP contribution in [-0.2, 0) is 21.3 Å². The molecule has 1 aromatic heterocycles. The molecule has 124 valence electrons. The quantitative estimate of drug-likeness (QED) is 0.863. The molecule has 6 heteroatoms. The Morgan fingerprint density at radius 1 is 1.41 bits per heavy atom. The van der Waals surface area contributed by atoms with Gasteiger partial charge in [0.15, 0.2) is 0 Å². The van der Waals surface area contributed by atoms with Crippen LogP contribution in [0.2, 0.25) is 0 Å². The van der Waals surface area contributed by atoms with Gasteiger partial charge in [0, 0.05) is 28.1 Å². The Hall–Kier alpha value is -0.750. The monoisotopic (exact) mass is 342 g/mol. The van der Waals surface area contributed by atoms with E-state index >= 15 is 0 Å². The van der Waals surface area contributed by atoms with Gasteiger partial charge in [-0.3, -0.25) is 9.00 Å². The molecule has 0 spiro atoms. The van der Waals surface area contributed by atoms with E-state index in [1.807, 2.05) is 5.38 Å². The molecule has 1 fully saturated rings. The molecular formula is C16H26N2O2S2. The normalized spacial score (nSPS) is 23.5. The Bertz CT molecular complexity index is 520. The van der Waals surface area contributed by atoms with Crippen LogP contribution in [-0.4, -0.2) is 26.9 Å². The van der Waals surface area contributed by atoms with E-state index in [4.69, 9.17) is 0 Å². The maximum atomic E-state index is 12.1. The molecule has 1 N–H and O–H groups in total. The zero-order chi connectivity index (χ0) is 16.1. The second-order valence-electron chi connectivity index (χ2n) is 6.58. The summed E-state index contributed by atoms with van der Waals surface area (Å²) in [6.07, 6.45) is 4.43. The van der Waals surface area contributed by atoms with Gasteiger partial charge in [-0.15, -0.1) is 11.3 Å². The first-order valence-corrected chi connectivity index (χ1v) is 10.4. The van der Waals surface area contributed by atoms with E-state index in [9.17, 15) is 9.00 Å². The van der Waals surface area contributed by atoms with Gasteiger partial charge in [-0.1, -0.05) is 20.8 Å². The number of carbonyl (C=O) groups is 1. The molecule has 0 aromatic carbocycles. The fourth-order valence-electron chi connectivity index (χ4n) is 2.69. The Kier molecular flexibility index (Phi) is 6.56. The summed E-state index contributed by atoms with van der Waals surface area (Å²) in [6.45, 7) is 6.45. The van der Waals surface area contributed by atoms with E-state index < -0.39 is 10.8 Å². The first-order valence-electron chi connectivity index (χ1n) is 8.02. The number of nitrogens with one attached hydrogen (secondary N) is 1. The van der Waals surface area contributed by atoms with Crippen molar-refractivity contribution in [2.24, 2.45) is 5.92 Å². The van der Waals surface area contributed by atoms with Crippen LogP contribution in [0.25, 0.3) is 0 Å². The van der Waals surface area contributed by atoms with Crippen molar-refractivity contribution >= 4 is 28.0 Å². The fraction of sp³-hybridized carbons (Fsp3) is 0.750. The Labute approximate surface area is 139 Å². The standard InChI is InChI=1S/C16H26N2O2S2/c1-11(2)16-18-14(8-21-16)9-22(20)10-15(19)17-13-6-4-12(3)5-7-13/h8,11-13H,4-7,9-10H2,1-3H3,(H,17,19). The number of nitrogens with zero attached hydrogens (tertiary/aromatic N) is 1. The zero-order valence-corrected chi connectivity index (χ0v) is 15.3. The maximum absolute atomic E-state index is 12.1. The van der Waals surface area contributed by atoms with E-state index in [1.54, 1.807) is 11.3 Å². The van der Waals surface area contributed by atoms with Crippen LogP contribution in [0.4, 0.5) is 0 Å². The molecule has 4 nitrogen and oxygen atoms in total. The SMILES string of the molecule is CC1CCC(NC(=O)CS(=O)Cc2csc(C(C)C)n2)CC1. The summed E-state index contributed by atoms with van der Waals surface area (Å²) in [4.78, 5) is 16.5. The highest BCUT2D eigenvalue weighted by Crippen LogP contribution is 2.23. The summed E-state index contributed by atoms with van der Waals surface area (Å²) in [6, 6.07) is 0.271. The molecule has 1 unspecified atom stereocenters. The van der Waals surface area contributed by atoms with Crippen LogP contribution in [0.3, 0.4) is 0 Å². The van der Waals surface area contributed by atoms with Gasteiger partial charge in [0.1, 0.15) is 5.75 Å². The van der Waals surface area contributed by atoms with Crippen molar-refractivity contribution in [2.45, 2.75) is 64.2 Å². The number of carbonyl (C=O) groups excluding carboxylic acids is 1. The molecule has 1 saturated carbocycles. The van der Waals surface area contributed by atoms with Crippen LogP contribution in [0, 0.1) is 5.92 Å². The van der Waals surface area contributed by atoms with E-state index in [0.717, 1.165) is 29.5 Å². The van der Waals surface area contributed by atoms with Gasteiger partial charge < -0.3 is 5.32 Å². The Morgan fingerprint density at radius 2 is 2.09 bits per heavy atom. The summed E-state index contributed by atoms with van der Waals surface area (Å²) >= 11 is 1.60. The minimum atomic E-state index is -1.18. The van der Waals surface area contributed by atoms with Crippen molar-refractivity contribution in [3.63, 3.8) is 0 Å². The van der Waals surface area contributed by atoms with Gasteiger partial charge >= 0.3 is 0 Å². The largest absolute Gasteiger partial charge is 0.353 e. The van der Waals surface area contributed by atoms with Crippen LogP contribution < -0.4 is 5.32 Å². The third-order valence-electron chi connectivity index (χ3n) is 4.05. The molecule has 1 aliphatic rings. The summed E-state index contributed by atoms with van der Waals surface area (Å²) in [7, 11) is -1.18. The molecule has 0 radical (unpaired) electrons. The van der Waals surface area contributed by atoms with Crippen molar-refractivity contribution in [1.29, 1.82) is 0 Å². The van der Waals surface area contributed by atoms with Crippen LogP contribution >= 0.6 is 11.3 Å². The van der Waals surface area contributed by atoms with Gasteiger partial charge in [0.25, 0.3) is 0 Å². The van der Waals surface area contributed by atoms with Crippen molar-refractivity contribution in [2.75, 3.05) is 5.75 Å². The highest BCUT2D eigenvalue weighted by Gasteiger charge is 2.20. The maximum Gasteiger partial charge on any atom is 0.232 e. The van der Waals surface area contributed by atoms with Gasteiger partial charge in [-0.2, -0.15) is 0 Å². The van der Waals surface area contributed by atoms with Gasteiger partial charge in [-0.25, -0.2) is 4.98 Å². The molecular weight excluding hydrogens is 316 g/mol. The smallest absolute Gasteiger partial charge is 0.232 e. The Balaban J connectivity index is 1.75. The van der Waals surface area contributed by atoms with E-state index in [1.165, 1.54) is 12.8 Å². The lowest BCUT2D eigenvalue weighted by Crippen LogP contribution is -2.39. The molecule has 1 aromatic rings. The molecule has 1 heterocycles. The highest BCUT2D eigenvalue weighted by molar-refractivity contribution is 7.84. The summed E-state index contributed by atoms with van der Waals surface area (Å²) < 4.78 is 12.1. The number of thiazole rings is 1. The average molecular weight is 343 g/mol. The Morgan fingerprint density at radius 3 is 2.68 bits per heavy atom. The van der Waals surface area contributed by atoms with Crippen LogP contribution in [0.15, 0.2) is 5.38 Å². The predicted octanol–water partition coefficient (Wildman–Crippen LogP) is 3.21. The lowest BCUT2D eigenvalue weighted by molar-refractivity contribution is -0.119. The minimum Gasteiger partial charge on any atom is -0.353 e. The number of aromatic nitrogens is 1. The van der Waals surface area contributed by atoms with Crippen molar-refractivity contribution in [3.05, 3.63) is 16.1 Å². The summed E-state index contributed by atoms with van der Waals surface area (Å²) in [5, 5.41) is 6.04. The number of hydrogen-bond donors (Lipinski definition) is 1. The average Bonchev–Trinajstić information content (AvgIpc) is 2.89. The molecule has 2 rings (SSSR count). The topological polar surface area (TPSA) is 59.1 Å². The third kappa shape index (κ3) is 5.47. The lowest BCUT2D eigenvalue weighted by atomic mass is 9.87. The lowest BCUT2D eigenvalue weighted by Gasteiger charge is -2.26. The van der Waals surface area contributed by atoms with Gasteiger partial charge in [0.2, 0.25) is 5.91 Å².